The number of nitrogens with zero attached hydrogens (tertiary/aromatic N) is 1. The molecule has 0 aliphatic carbocycles. The maximum Gasteiger partial charge on any atom is 0.262 e. The minimum atomic E-state index is -3.71. The Kier molecular flexibility index (Phi) is 6.29. The highest BCUT2D eigenvalue weighted by Gasteiger charge is 2.34. The molecule has 3 aromatic carbocycles. The van der Waals surface area contributed by atoms with E-state index in [2.05, 4.69) is 11.6 Å². The van der Waals surface area contributed by atoms with Gasteiger partial charge in [-0.2, -0.15) is 0 Å². The van der Waals surface area contributed by atoms with Crippen LogP contribution in [0, 0.1) is 34.6 Å². The topological polar surface area (TPSA) is 66.5 Å². The number of thioether (sulfide) groups is 1. The fourth-order valence-electron chi connectivity index (χ4n) is 4.34. The van der Waals surface area contributed by atoms with Crippen molar-refractivity contribution in [1.29, 1.82) is 0 Å². The highest BCUT2D eigenvalue weighted by Crippen LogP contribution is 2.42. The molecular formula is C26H28N2O3S2. The van der Waals surface area contributed by atoms with Crippen molar-refractivity contribution in [3.63, 3.8) is 0 Å². The molecule has 7 heteroatoms. The standard InChI is InChI=1S/C26H28N2O3S2/c1-16-12-19(4)25(20(5)13-16)33(30,31)27-22-9-7-21(8-10-22)26-28(24(29)15-32-26)23-11-6-17(2)18(3)14-23/h6-14,26-27H,15H2,1-5H3/t26-/m1/s1. The number of sulfonamides is 1. The van der Waals surface area contributed by atoms with Gasteiger partial charge in [0.2, 0.25) is 5.91 Å². The molecule has 1 atom stereocenters. The third-order valence-electron chi connectivity index (χ3n) is 5.96. The molecule has 0 unspecified atom stereocenters. The predicted octanol–water partition coefficient (Wildman–Crippen LogP) is 5.81. The maximum absolute atomic E-state index is 13.1. The average molecular weight is 481 g/mol. The van der Waals surface area contributed by atoms with Gasteiger partial charge in [0.05, 0.1) is 10.6 Å². The summed E-state index contributed by atoms with van der Waals surface area (Å²) >= 11 is 1.58. The van der Waals surface area contributed by atoms with Crippen LogP contribution in [0.5, 0.6) is 0 Å². The van der Waals surface area contributed by atoms with Crippen molar-refractivity contribution < 1.29 is 13.2 Å². The molecule has 1 heterocycles. The number of aryl methyl sites for hydroxylation is 5. The average Bonchev–Trinajstić information content (AvgIpc) is 3.10. The van der Waals surface area contributed by atoms with Gasteiger partial charge in [0.15, 0.2) is 0 Å². The van der Waals surface area contributed by atoms with Crippen LogP contribution in [0.25, 0.3) is 0 Å². The van der Waals surface area contributed by atoms with E-state index in [1.165, 1.54) is 5.56 Å². The van der Waals surface area contributed by atoms with E-state index in [4.69, 9.17) is 0 Å². The third kappa shape index (κ3) is 4.66. The molecule has 1 amide bonds. The molecular weight excluding hydrogens is 452 g/mol. The van der Waals surface area contributed by atoms with Crippen LogP contribution in [0.4, 0.5) is 11.4 Å². The molecule has 172 valence electrons. The lowest BCUT2D eigenvalue weighted by molar-refractivity contribution is -0.115. The summed E-state index contributed by atoms with van der Waals surface area (Å²) < 4.78 is 28.8. The Morgan fingerprint density at radius 1 is 0.848 bits per heavy atom. The van der Waals surface area contributed by atoms with E-state index in [0.29, 0.717) is 16.3 Å². The second-order valence-corrected chi connectivity index (χ2v) is 11.3. The zero-order valence-electron chi connectivity index (χ0n) is 19.5. The summed E-state index contributed by atoms with van der Waals surface area (Å²) in [5.74, 6) is 0.487. The third-order valence-corrected chi connectivity index (χ3v) is 8.86. The Labute approximate surface area is 200 Å². The summed E-state index contributed by atoms with van der Waals surface area (Å²) in [5.41, 5.74) is 7.13. The fraction of sp³-hybridized carbons (Fsp3) is 0.269. The van der Waals surface area contributed by atoms with Crippen LogP contribution in [0.3, 0.4) is 0 Å². The monoisotopic (exact) mass is 480 g/mol. The SMILES string of the molecule is Cc1cc(C)c(S(=O)(=O)Nc2ccc([C@H]3SCC(=O)N3c3ccc(C)c(C)c3)cc2)c(C)c1. The van der Waals surface area contributed by atoms with E-state index in [0.717, 1.165) is 33.5 Å². The normalized spacial score (nSPS) is 16.3. The summed E-state index contributed by atoms with van der Waals surface area (Å²) in [6, 6.07) is 17.1. The second kappa shape index (κ2) is 8.88. The van der Waals surface area contributed by atoms with Gasteiger partial charge in [-0.15, -0.1) is 11.8 Å². The zero-order valence-corrected chi connectivity index (χ0v) is 21.1. The van der Waals surface area contributed by atoms with Crippen LogP contribution in [0.1, 0.15) is 38.8 Å². The van der Waals surface area contributed by atoms with Gasteiger partial charge in [-0.05, 0) is 86.7 Å². The predicted molar refractivity (Wildman–Crippen MR) is 137 cm³/mol. The number of rotatable bonds is 5. The molecule has 1 aliphatic rings. The summed E-state index contributed by atoms with van der Waals surface area (Å²) in [6.45, 7) is 9.67. The first-order chi connectivity index (χ1) is 15.6. The molecule has 0 spiro atoms. The lowest BCUT2D eigenvalue weighted by Crippen LogP contribution is -2.27. The van der Waals surface area contributed by atoms with Gasteiger partial charge in [-0.1, -0.05) is 35.9 Å². The van der Waals surface area contributed by atoms with Gasteiger partial charge in [0.1, 0.15) is 5.37 Å². The minimum absolute atomic E-state index is 0.0725. The van der Waals surface area contributed by atoms with Crippen LogP contribution in [-0.2, 0) is 14.8 Å². The Bertz CT molecular complexity index is 1310. The number of amides is 1. The van der Waals surface area contributed by atoms with Gasteiger partial charge in [-0.3, -0.25) is 14.4 Å². The fourth-order valence-corrected chi connectivity index (χ4v) is 7.03. The molecule has 1 fully saturated rings. The minimum Gasteiger partial charge on any atom is -0.295 e. The Morgan fingerprint density at radius 3 is 2.09 bits per heavy atom. The number of anilines is 2. The zero-order chi connectivity index (χ0) is 23.9. The van der Waals surface area contributed by atoms with Crippen LogP contribution in [-0.4, -0.2) is 20.1 Å². The summed E-state index contributed by atoms with van der Waals surface area (Å²) in [6.07, 6.45) is 0. The molecule has 4 rings (SSSR count). The first-order valence-corrected chi connectivity index (χ1v) is 13.3. The number of hydrogen-bond acceptors (Lipinski definition) is 4. The quantitative estimate of drug-likeness (QED) is 0.501. The van der Waals surface area contributed by atoms with E-state index in [9.17, 15) is 13.2 Å². The molecule has 0 saturated carbocycles. The van der Waals surface area contributed by atoms with Gasteiger partial charge in [0, 0.05) is 11.4 Å². The lowest BCUT2D eigenvalue weighted by atomic mass is 10.1. The summed E-state index contributed by atoms with van der Waals surface area (Å²) in [7, 11) is -3.71. The number of nitrogens with one attached hydrogen (secondary N) is 1. The highest BCUT2D eigenvalue weighted by molar-refractivity contribution is 8.00. The molecule has 0 radical (unpaired) electrons. The molecule has 3 aromatic rings. The van der Waals surface area contributed by atoms with Crippen molar-refractivity contribution in [2.75, 3.05) is 15.4 Å². The maximum atomic E-state index is 13.1. The molecule has 1 aliphatic heterocycles. The Hall–Kier alpha value is -2.77. The van der Waals surface area contributed by atoms with Crippen LogP contribution >= 0.6 is 11.8 Å². The van der Waals surface area contributed by atoms with Crippen molar-refractivity contribution in [2.24, 2.45) is 0 Å². The molecule has 0 aromatic heterocycles. The van der Waals surface area contributed by atoms with E-state index in [1.54, 1.807) is 23.9 Å². The number of hydrogen-bond donors (Lipinski definition) is 1. The van der Waals surface area contributed by atoms with E-state index in [-0.39, 0.29) is 11.3 Å². The molecule has 0 bridgehead atoms. The van der Waals surface area contributed by atoms with E-state index in [1.807, 2.05) is 75.1 Å². The van der Waals surface area contributed by atoms with Gasteiger partial charge >= 0.3 is 0 Å². The Balaban J connectivity index is 1.59. The summed E-state index contributed by atoms with van der Waals surface area (Å²) in [4.78, 5) is 14.8. The lowest BCUT2D eigenvalue weighted by Gasteiger charge is -2.25. The van der Waals surface area contributed by atoms with Crippen molar-refractivity contribution in [3.05, 3.63) is 88.0 Å². The number of benzene rings is 3. The second-order valence-electron chi connectivity index (χ2n) is 8.65. The number of carbonyl (C=O) groups excluding carboxylic acids is 1. The van der Waals surface area contributed by atoms with Crippen LogP contribution in [0.15, 0.2) is 59.5 Å². The molecule has 1 saturated heterocycles. The number of carbonyl (C=O) groups is 1. The summed E-state index contributed by atoms with van der Waals surface area (Å²) in [5, 5.41) is -0.146. The largest absolute Gasteiger partial charge is 0.295 e. The molecule has 33 heavy (non-hydrogen) atoms. The van der Waals surface area contributed by atoms with E-state index < -0.39 is 10.0 Å². The van der Waals surface area contributed by atoms with Crippen molar-refractivity contribution in [2.45, 2.75) is 44.9 Å². The van der Waals surface area contributed by atoms with Gasteiger partial charge < -0.3 is 0 Å². The van der Waals surface area contributed by atoms with Crippen molar-refractivity contribution in [3.8, 4) is 0 Å². The van der Waals surface area contributed by atoms with Crippen LogP contribution in [0.2, 0.25) is 0 Å². The first-order valence-electron chi connectivity index (χ1n) is 10.8. The first kappa shape index (κ1) is 23.4. The van der Waals surface area contributed by atoms with Gasteiger partial charge in [-0.25, -0.2) is 8.42 Å². The molecule has 5 nitrogen and oxygen atoms in total. The van der Waals surface area contributed by atoms with Crippen molar-refractivity contribution >= 4 is 39.1 Å². The van der Waals surface area contributed by atoms with Crippen LogP contribution < -0.4 is 9.62 Å². The van der Waals surface area contributed by atoms with Gasteiger partial charge in [0.25, 0.3) is 10.0 Å². The smallest absolute Gasteiger partial charge is 0.262 e. The van der Waals surface area contributed by atoms with E-state index >= 15 is 0 Å². The Morgan fingerprint density at radius 2 is 1.48 bits per heavy atom. The highest BCUT2D eigenvalue weighted by atomic mass is 32.2. The van der Waals surface area contributed by atoms with Crippen molar-refractivity contribution in [1.82, 2.24) is 0 Å². The molecule has 1 N–H and O–H groups in total.